The van der Waals surface area contributed by atoms with Gasteiger partial charge in [-0.3, -0.25) is 0 Å². The van der Waals surface area contributed by atoms with Crippen molar-refractivity contribution in [2.75, 3.05) is 20.3 Å². The predicted octanol–water partition coefficient (Wildman–Crippen LogP) is 2.30. The lowest BCUT2D eigenvalue weighted by atomic mass is 9.95. The van der Waals surface area contributed by atoms with E-state index in [0.29, 0.717) is 13.2 Å². The molecule has 0 radical (unpaired) electrons. The highest BCUT2D eigenvalue weighted by atomic mass is 16.5. The summed E-state index contributed by atoms with van der Waals surface area (Å²) in [4.78, 5) is 0. The second-order valence-corrected chi connectivity index (χ2v) is 4.41. The third kappa shape index (κ3) is 3.83. The number of ether oxygens (including phenoxy) is 2. The highest BCUT2D eigenvalue weighted by Crippen LogP contribution is 2.27. The molecule has 1 aromatic rings. The molecule has 0 amide bonds. The summed E-state index contributed by atoms with van der Waals surface area (Å²) >= 11 is 0. The fourth-order valence-electron chi connectivity index (χ4n) is 1.51. The number of methoxy groups -OCH3 is 1. The van der Waals surface area contributed by atoms with E-state index in [9.17, 15) is 0 Å². The Balaban J connectivity index is 2.65. The summed E-state index contributed by atoms with van der Waals surface area (Å²) in [6, 6.07) is 7.90. The summed E-state index contributed by atoms with van der Waals surface area (Å²) < 4.78 is 10.7. The lowest BCUT2D eigenvalue weighted by Crippen LogP contribution is -2.29. The van der Waals surface area contributed by atoms with Gasteiger partial charge in [-0.1, -0.05) is 18.2 Å². The quantitative estimate of drug-likeness (QED) is 0.753. The molecule has 0 heterocycles. The topological polar surface area (TPSA) is 44.5 Å². The minimum Gasteiger partial charge on any atom is -0.493 e. The predicted molar refractivity (Wildman–Crippen MR) is 65.6 cm³/mol. The van der Waals surface area contributed by atoms with E-state index < -0.39 is 0 Å². The highest BCUT2D eigenvalue weighted by molar-refractivity contribution is 5.37. The lowest BCUT2D eigenvalue weighted by molar-refractivity contribution is 0.171. The Labute approximate surface area is 97.6 Å². The molecule has 16 heavy (non-hydrogen) atoms. The first-order valence-corrected chi connectivity index (χ1v) is 5.56. The van der Waals surface area contributed by atoms with Crippen LogP contribution in [0.25, 0.3) is 0 Å². The van der Waals surface area contributed by atoms with Crippen LogP contribution in [0.1, 0.15) is 25.8 Å². The van der Waals surface area contributed by atoms with Gasteiger partial charge in [-0.2, -0.15) is 0 Å². The Morgan fingerprint density at radius 3 is 2.50 bits per heavy atom. The maximum absolute atomic E-state index is 6.08. The molecule has 0 aromatic heterocycles. The molecule has 1 aromatic carbocycles. The van der Waals surface area contributed by atoms with Crippen LogP contribution in [0.2, 0.25) is 0 Å². The van der Waals surface area contributed by atoms with E-state index in [-0.39, 0.29) is 5.54 Å². The van der Waals surface area contributed by atoms with Crippen molar-refractivity contribution < 1.29 is 9.47 Å². The SMILES string of the molecule is COCCCOc1ccccc1C(C)(C)N. The van der Waals surface area contributed by atoms with Gasteiger partial charge in [-0.05, 0) is 19.9 Å². The molecule has 0 fully saturated rings. The average molecular weight is 223 g/mol. The average Bonchev–Trinajstić information content (AvgIpc) is 2.24. The molecule has 0 aliphatic rings. The van der Waals surface area contributed by atoms with E-state index in [1.807, 2.05) is 38.1 Å². The van der Waals surface area contributed by atoms with Gasteiger partial charge in [0.1, 0.15) is 5.75 Å². The third-order valence-electron chi connectivity index (χ3n) is 2.33. The van der Waals surface area contributed by atoms with Crippen LogP contribution < -0.4 is 10.5 Å². The summed E-state index contributed by atoms with van der Waals surface area (Å²) in [6.07, 6.45) is 0.885. The van der Waals surface area contributed by atoms with Crippen LogP contribution in [0.5, 0.6) is 5.75 Å². The molecule has 0 unspecified atom stereocenters. The van der Waals surface area contributed by atoms with Gasteiger partial charge in [-0.15, -0.1) is 0 Å². The van der Waals surface area contributed by atoms with Gasteiger partial charge in [0.25, 0.3) is 0 Å². The molecule has 0 bridgehead atoms. The number of hydrogen-bond donors (Lipinski definition) is 1. The molecule has 3 heteroatoms. The van der Waals surface area contributed by atoms with E-state index >= 15 is 0 Å². The van der Waals surface area contributed by atoms with Crippen molar-refractivity contribution in [1.29, 1.82) is 0 Å². The van der Waals surface area contributed by atoms with Crippen LogP contribution >= 0.6 is 0 Å². The number of nitrogens with two attached hydrogens (primary N) is 1. The van der Waals surface area contributed by atoms with Crippen molar-refractivity contribution in [3.05, 3.63) is 29.8 Å². The Morgan fingerprint density at radius 1 is 1.19 bits per heavy atom. The summed E-state index contributed by atoms with van der Waals surface area (Å²) in [5.74, 6) is 0.867. The van der Waals surface area contributed by atoms with Crippen molar-refractivity contribution in [3.63, 3.8) is 0 Å². The first kappa shape index (κ1) is 13.0. The van der Waals surface area contributed by atoms with E-state index in [1.165, 1.54) is 0 Å². The Morgan fingerprint density at radius 2 is 1.88 bits per heavy atom. The third-order valence-corrected chi connectivity index (χ3v) is 2.33. The first-order chi connectivity index (χ1) is 7.55. The first-order valence-electron chi connectivity index (χ1n) is 5.56. The van der Waals surface area contributed by atoms with Crippen LogP contribution in [0.3, 0.4) is 0 Å². The molecule has 0 atom stereocenters. The molecule has 2 N–H and O–H groups in total. The van der Waals surface area contributed by atoms with E-state index in [1.54, 1.807) is 7.11 Å². The lowest BCUT2D eigenvalue weighted by Gasteiger charge is -2.22. The molecule has 0 aliphatic heterocycles. The van der Waals surface area contributed by atoms with Crippen molar-refractivity contribution in [1.82, 2.24) is 0 Å². The summed E-state index contributed by atoms with van der Waals surface area (Å²) in [5, 5.41) is 0. The van der Waals surface area contributed by atoms with E-state index in [2.05, 4.69) is 0 Å². The second kappa shape index (κ2) is 5.87. The summed E-state index contributed by atoms with van der Waals surface area (Å²) in [7, 11) is 1.69. The van der Waals surface area contributed by atoms with Gasteiger partial charge in [-0.25, -0.2) is 0 Å². The second-order valence-electron chi connectivity index (χ2n) is 4.41. The molecule has 0 aliphatic carbocycles. The van der Waals surface area contributed by atoms with Gasteiger partial charge in [0.05, 0.1) is 6.61 Å². The zero-order valence-corrected chi connectivity index (χ0v) is 10.3. The zero-order chi connectivity index (χ0) is 12.0. The molecule has 0 spiro atoms. The fraction of sp³-hybridized carbons (Fsp3) is 0.538. The molecular weight excluding hydrogens is 202 g/mol. The minimum absolute atomic E-state index is 0.377. The van der Waals surface area contributed by atoms with Crippen molar-refractivity contribution >= 4 is 0 Å². The Kier molecular flexibility index (Phi) is 4.77. The molecule has 3 nitrogen and oxygen atoms in total. The molecule has 0 saturated carbocycles. The normalized spacial score (nSPS) is 11.5. The number of para-hydroxylation sites is 1. The van der Waals surface area contributed by atoms with Gasteiger partial charge >= 0.3 is 0 Å². The standard InChI is InChI=1S/C13H21NO2/c1-13(2,14)11-7-4-5-8-12(11)16-10-6-9-15-3/h4-5,7-8H,6,9-10,14H2,1-3H3. The monoisotopic (exact) mass is 223 g/mol. The van der Waals surface area contributed by atoms with Gasteiger partial charge < -0.3 is 15.2 Å². The highest BCUT2D eigenvalue weighted by Gasteiger charge is 2.18. The van der Waals surface area contributed by atoms with Crippen LogP contribution in [0, 0.1) is 0 Å². The van der Waals surface area contributed by atoms with E-state index in [4.69, 9.17) is 15.2 Å². The number of rotatable bonds is 6. The summed E-state index contributed by atoms with van der Waals surface area (Å²) in [6.45, 7) is 5.32. The molecule has 0 saturated heterocycles. The molecular formula is C13H21NO2. The largest absolute Gasteiger partial charge is 0.493 e. The maximum Gasteiger partial charge on any atom is 0.124 e. The van der Waals surface area contributed by atoms with Gasteiger partial charge in [0.2, 0.25) is 0 Å². The van der Waals surface area contributed by atoms with Crippen molar-refractivity contribution in [2.24, 2.45) is 5.73 Å². The van der Waals surface area contributed by atoms with Crippen LogP contribution in [-0.4, -0.2) is 20.3 Å². The van der Waals surface area contributed by atoms with Crippen molar-refractivity contribution in [3.8, 4) is 5.75 Å². The van der Waals surface area contributed by atoms with E-state index in [0.717, 1.165) is 17.7 Å². The smallest absolute Gasteiger partial charge is 0.124 e. The Hall–Kier alpha value is -1.06. The van der Waals surface area contributed by atoms with Crippen molar-refractivity contribution in [2.45, 2.75) is 25.8 Å². The van der Waals surface area contributed by atoms with Crippen LogP contribution in [0.4, 0.5) is 0 Å². The Bertz CT molecular complexity index is 318. The number of hydrogen-bond acceptors (Lipinski definition) is 3. The fourth-order valence-corrected chi connectivity index (χ4v) is 1.51. The van der Waals surface area contributed by atoms with Crippen LogP contribution in [0.15, 0.2) is 24.3 Å². The number of benzene rings is 1. The molecule has 90 valence electrons. The van der Waals surface area contributed by atoms with Gasteiger partial charge in [0.15, 0.2) is 0 Å². The van der Waals surface area contributed by atoms with Gasteiger partial charge in [0, 0.05) is 31.2 Å². The maximum atomic E-state index is 6.08. The van der Waals surface area contributed by atoms with Crippen LogP contribution in [-0.2, 0) is 10.3 Å². The summed E-state index contributed by atoms with van der Waals surface area (Å²) in [5.41, 5.74) is 6.74. The molecule has 1 rings (SSSR count). The zero-order valence-electron chi connectivity index (χ0n) is 10.3. The minimum atomic E-state index is -0.377.